The number of alkyl halides is 3. The summed E-state index contributed by atoms with van der Waals surface area (Å²) in [6.45, 7) is 1.59. The molecule has 37 heavy (non-hydrogen) atoms. The Morgan fingerprint density at radius 1 is 1.08 bits per heavy atom. The highest BCUT2D eigenvalue weighted by molar-refractivity contribution is 6.08. The maximum atomic E-state index is 13.1. The number of aromatic hydroxyl groups is 1. The molecule has 2 heterocycles. The van der Waals surface area contributed by atoms with Gasteiger partial charge in [0.1, 0.15) is 5.56 Å². The molecule has 0 spiro atoms. The molecule has 12 heteroatoms. The van der Waals surface area contributed by atoms with Crippen LogP contribution in [0.1, 0.15) is 32.7 Å². The molecule has 9 nitrogen and oxygen atoms in total. The average Bonchev–Trinajstić information content (AvgIpc) is 3.29. The number of nitrogens with one attached hydrogen (secondary N) is 1. The van der Waals surface area contributed by atoms with Gasteiger partial charge in [-0.15, -0.1) is 0 Å². The Morgan fingerprint density at radius 2 is 1.76 bits per heavy atom. The van der Waals surface area contributed by atoms with Gasteiger partial charge in [-0.2, -0.15) is 22.8 Å². The third-order valence-electron chi connectivity index (χ3n) is 5.73. The van der Waals surface area contributed by atoms with Crippen molar-refractivity contribution in [3.05, 3.63) is 70.5 Å². The van der Waals surface area contributed by atoms with E-state index in [1.165, 1.54) is 39.7 Å². The molecule has 2 N–H and O–H groups in total. The molecular formula is C25H23F3N4O5. The van der Waals surface area contributed by atoms with Crippen molar-refractivity contribution in [3.8, 4) is 23.1 Å². The number of aryl methyl sites for hydroxylation is 1. The fraction of sp³-hybridized carbons (Fsp3) is 0.240. The van der Waals surface area contributed by atoms with Crippen molar-refractivity contribution >= 4 is 17.2 Å². The van der Waals surface area contributed by atoms with Crippen LogP contribution in [0.25, 0.3) is 5.65 Å². The number of halogens is 3. The molecule has 4 rings (SSSR count). The van der Waals surface area contributed by atoms with Crippen LogP contribution in [0.5, 0.6) is 23.1 Å². The molecule has 2 aromatic heterocycles. The molecule has 0 aliphatic rings. The lowest BCUT2D eigenvalue weighted by molar-refractivity contribution is -0.137. The van der Waals surface area contributed by atoms with Crippen molar-refractivity contribution in [2.45, 2.75) is 19.5 Å². The molecule has 1 amide bonds. The lowest BCUT2D eigenvalue weighted by atomic mass is 10.0. The molecule has 0 atom stereocenters. The number of rotatable bonds is 7. The maximum Gasteiger partial charge on any atom is 0.416 e. The van der Waals surface area contributed by atoms with Crippen molar-refractivity contribution in [3.63, 3.8) is 0 Å². The van der Waals surface area contributed by atoms with Gasteiger partial charge in [-0.1, -0.05) is 18.2 Å². The second kappa shape index (κ2) is 9.88. The van der Waals surface area contributed by atoms with Crippen molar-refractivity contribution < 1.29 is 37.3 Å². The first kappa shape index (κ1) is 25.6. The summed E-state index contributed by atoms with van der Waals surface area (Å²) in [6.07, 6.45) is -3.27. The van der Waals surface area contributed by atoms with Crippen molar-refractivity contribution in [1.29, 1.82) is 0 Å². The number of methoxy groups -OCH3 is 3. The summed E-state index contributed by atoms with van der Waals surface area (Å²) >= 11 is 0. The second-order valence-electron chi connectivity index (χ2n) is 8.04. The average molecular weight is 516 g/mol. The minimum absolute atomic E-state index is 0.0165. The van der Waals surface area contributed by atoms with Gasteiger partial charge in [0.05, 0.1) is 33.1 Å². The Bertz CT molecular complexity index is 1460. The van der Waals surface area contributed by atoms with E-state index < -0.39 is 17.6 Å². The number of carbonyl (C=O) groups is 1. The molecule has 0 aliphatic carbocycles. The molecule has 0 saturated heterocycles. The van der Waals surface area contributed by atoms with E-state index >= 15 is 0 Å². The second-order valence-corrected chi connectivity index (χ2v) is 8.04. The van der Waals surface area contributed by atoms with E-state index in [2.05, 4.69) is 15.4 Å². The van der Waals surface area contributed by atoms with E-state index in [1.807, 2.05) is 0 Å². The highest BCUT2D eigenvalue weighted by Crippen LogP contribution is 2.40. The number of benzene rings is 2. The predicted octanol–water partition coefficient (Wildman–Crippen LogP) is 4.63. The number of nitrogens with zero attached hydrogens (tertiary/aromatic N) is 3. The molecule has 0 radical (unpaired) electrons. The predicted molar refractivity (Wildman–Crippen MR) is 128 cm³/mol. The van der Waals surface area contributed by atoms with Crippen LogP contribution in [0, 0.1) is 6.92 Å². The Balaban J connectivity index is 1.66. The van der Waals surface area contributed by atoms with Crippen LogP contribution in [-0.4, -0.2) is 46.9 Å². The monoisotopic (exact) mass is 516 g/mol. The van der Waals surface area contributed by atoms with Gasteiger partial charge in [-0.3, -0.25) is 4.79 Å². The number of carbonyl (C=O) groups excluding carboxylic acids is 1. The van der Waals surface area contributed by atoms with Gasteiger partial charge in [0.2, 0.25) is 11.6 Å². The number of aromatic nitrogens is 3. The van der Waals surface area contributed by atoms with Crippen LogP contribution in [0.4, 0.5) is 18.9 Å². The van der Waals surface area contributed by atoms with E-state index in [9.17, 15) is 23.1 Å². The Morgan fingerprint density at radius 3 is 2.35 bits per heavy atom. The summed E-state index contributed by atoms with van der Waals surface area (Å²) < 4.78 is 56.2. The first-order valence-electron chi connectivity index (χ1n) is 10.9. The summed E-state index contributed by atoms with van der Waals surface area (Å²) in [4.78, 5) is 17.5. The van der Waals surface area contributed by atoms with Gasteiger partial charge >= 0.3 is 6.18 Å². The zero-order valence-corrected chi connectivity index (χ0v) is 20.3. The highest BCUT2D eigenvalue weighted by atomic mass is 19.4. The van der Waals surface area contributed by atoms with Crippen LogP contribution in [0.2, 0.25) is 0 Å². The number of amides is 1. The zero-order valence-electron chi connectivity index (χ0n) is 20.3. The summed E-state index contributed by atoms with van der Waals surface area (Å²) in [6, 6.07) is 7.92. The molecule has 0 fully saturated rings. The van der Waals surface area contributed by atoms with Gasteiger partial charge < -0.3 is 24.6 Å². The lowest BCUT2D eigenvalue weighted by Gasteiger charge is -2.14. The largest absolute Gasteiger partial charge is 0.493 e. The van der Waals surface area contributed by atoms with Gasteiger partial charge in [-0.25, -0.2) is 4.98 Å². The van der Waals surface area contributed by atoms with Gasteiger partial charge in [0, 0.05) is 35.5 Å². The van der Waals surface area contributed by atoms with E-state index in [0.717, 1.165) is 16.6 Å². The van der Waals surface area contributed by atoms with Crippen LogP contribution in [-0.2, 0) is 12.6 Å². The molecule has 2 aromatic carbocycles. The third-order valence-corrected chi connectivity index (χ3v) is 5.73. The zero-order chi connectivity index (χ0) is 26.9. The number of hydrogen-bond donors (Lipinski definition) is 2. The normalized spacial score (nSPS) is 11.4. The summed E-state index contributed by atoms with van der Waals surface area (Å²) in [7, 11) is 4.35. The molecule has 194 valence electrons. The fourth-order valence-corrected chi connectivity index (χ4v) is 3.90. The van der Waals surface area contributed by atoms with Gasteiger partial charge in [-0.05, 0) is 18.6 Å². The summed E-state index contributed by atoms with van der Waals surface area (Å²) in [5.41, 5.74) is 0.658. The first-order chi connectivity index (χ1) is 17.6. The summed E-state index contributed by atoms with van der Waals surface area (Å²) in [5.74, 6) is 0.133. The third kappa shape index (κ3) is 4.95. The van der Waals surface area contributed by atoms with Crippen LogP contribution in [0.15, 0.2) is 42.6 Å². The Kier molecular flexibility index (Phi) is 6.84. The molecule has 0 bridgehead atoms. The molecule has 4 aromatic rings. The number of anilines is 1. The fourth-order valence-electron chi connectivity index (χ4n) is 3.90. The van der Waals surface area contributed by atoms with Crippen LogP contribution < -0.4 is 19.5 Å². The highest BCUT2D eigenvalue weighted by Gasteiger charge is 2.30. The molecule has 0 unspecified atom stereocenters. The minimum Gasteiger partial charge on any atom is -0.493 e. The minimum atomic E-state index is -4.49. The van der Waals surface area contributed by atoms with E-state index in [0.29, 0.717) is 34.2 Å². The van der Waals surface area contributed by atoms with E-state index in [4.69, 9.17) is 14.2 Å². The SMILES string of the molecule is COc1cc(NC(=O)c2cnn3c(O)c(Cc4cccc(C(F)(F)F)c4)c(C)nc23)cc(OC)c1OC. The van der Waals surface area contributed by atoms with Crippen molar-refractivity contribution in [2.75, 3.05) is 26.6 Å². The van der Waals surface area contributed by atoms with Crippen LogP contribution >= 0.6 is 0 Å². The van der Waals surface area contributed by atoms with Crippen molar-refractivity contribution in [1.82, 2.24) is 14.6 Å². The van der Waals surface area contributed by atoms with Crippen LogP contribution in [0.3, 0.4) is 0 Å². The lowest BCUT2D eigenvalue weighted by Crippen LogP contribution is -2.13. The summed E-state index contributed by atoms with van der Waals surface area (Å²) in [5, 5.41) is 17.6. The van der Waals surface area contributed by atoms with E-state index in [1.54, 1.807) is 19.1 Å². The number of fused-ring (bicyclic) bond motifs is 1. The standard InChI is InChI=1S/C25H23F3N4O5/c1-13-17(9-14-6-5-7-15(8-14)25(26,27)28)24(34)32-22(30-13)18(12-29-32)23(33)31-16-10-19(35-2)21(37-4)20(11-16)36-3/h5-8,10-12,34H,9H2,1-4H3,(H,31,33). The molecule has 0 saturated carbocycles. The first-order valence-corrected chi connectivity index (χ1v) is 10.9. The maximum absolute atomic E-state index is 13.1. The topological polar surface area (TPSA) is 107 Å². The molecular weight excluding hydrogens is 493 g/mol. The van der Waals surface area contributed by atoms with Gasteiger partial charge in [0.25, 0.3) is 5.91 Å². The number of hydrogen-bond acceptors (Lipinski definition) is 7. The number of ether oxygens (including phenoxy) is 3. The van der Waals surface area contributed by atoms with Crippen molar-refractivity contribution in [2.24, 2.45) is 0 Å². The smallest absolute Gasteiger partial charge is 0.416 e. The van der Waals surface area contributed by atoms with E-state index in [-0.39, 0.29) is 29.1 Å². The van der Waals surface area contributed by atoms with Gasteiger partial charge in [0.15, 0.2) is 17.1 Å². The Hall–Kier alpha value is -4.48. The Labute approximate surface area is 209 Å². The molecule has 0 aliphatic heterocycles. The quantitative estimate of drug-likeness (QED) is 0.369.